The Morgan fingerprint density at radius 2 is 1.88 bits per heavy atom. The molecule has 3 heteroatoms. The summed E-state index contributed by atoms with van der Waals surface area (Å²) in [6.07, 6.45) is 7.87. The summed E-state index contributed by atoms with van der Waals surface area (Å²) in [5.41, 5.74) is 0.865. The standard InChI is InChI=1S/C14H13ClNO/c15-12-7-3-4-8-13(12)16-10-9-14(17)11-5-1-2-6-11/h1-8,16H,9-10H2. The molecule has 1 aliphatic carbocycles. The summed E-state index contributed by atoms with van der Waals surface area (Å²) in [5.74, 6) is 0.917. The smallest absolute Gasteiger partial charge is 0.142 e. The predicted octanol–water partition coefficient (Wildman–Crippen LogP) is 3.12. The van der Waals surface area contributed by atoms with E-state index in [1.54, 1.807) is 0 Å². The maximum atomic E-state index is 11.7. The van der Waals surface area contributed by atoms with Crippen molar-refractivity contribution in [3.63, 3.8) is 0 Å². The fourth-order valence-corrected chi connectivity index (χ4v) is 1.82. The zero-order chi connectivity index (χ0) is 12.1. The SMILES string of the molecule is O=C(CCNc1ccccc1Cl)[C]1[CH][CH][CH][CH]1. The van der Waals surface area contributed by atoms with Crippen LogP contribution in [0, 0.1) is 31.6 Å². The molecule has 0 unspecified atom stereocenters. The number of ketones is 1. The van der Waals surface area contributed by atoms with E-state index in [2.05, 4.69) is 5.32 Å². The Bertz CT molecular complexity index is 386. The average molecular weight is 247 g/mol. The summed E-state index contributed by atoms with van der Waals surface area (Å²) in [4.78, 5) is 11.7. The van der Waals surface area contributed by atoms with Crippen molar-refractivity contribution in [3.05, 3.63) is 60.9 Å². The lowest BCUT2D eigenvalue weighted by atomic mass is 10.0. The van der Waals surface area contributed by atoms with Crippen molar-refractivity contribution in [2.45, 2.75) is 6.42 Å². The second-order valence-corrected chi connectivity index (χ2v) is 4.16. The first-order chi connectivity index (χ1) is 8.27. The van der Waals surface area contributed by atoms with Crippen LogP contribution in [0.5, 0.6) is 0 Å². The van der Waals surface area contributed by atoms with Gasteiger partial charge < -0.3 is 5.32 Å². The van der Waals surface area contributed by atoms with E-state index in [-0.39, 0.29) is 5.78 Å². The molecule has 17 heavy (non-hydrogen) atoms. The molecule has 87 valence electrons. The molecule has 0 amide bonds. The molecule has 1 aliphatic rings. The molecule has 1 aromatic carbocycles. The molecular formula is C14H13ClNO. The van der Waals surface area contributed by atoms with Crippen LogP contribution in [0.15, 0.2) is 24.3 Å². The zero-order valence-electron chi connectivity index (χ0n) is 9.32. The molecule has 0 aliphatic heterocycles. The van der Waals surface area contributed by atoms with Gasteiger partial charge in [0.05, 0.1) is 10.7 Å². The van der Waals surface area contributed by atoms with E-state index in [4.69, 9.17) is 11.6 Å². The van der Waals surface area contributed by atoms with Crippen molar-refractivity contribution in [1.82, 2.24) is 0 Å². The number of hydrogen-bond donors (Lipinski definition) is 1. The minimum atomic E-state index is 0.148. The van der Waals surface area contributed by atoms with Crippen LogP contribution in [0.1, 0.15) is 6.42 Å². The Morgan fingerprint density at radius 1 is 1.18 bits per heavy atom. The highest BCUT2D eigenvalue weighted by Crippen LogP contribution is 2.25. The van der Waals surface area contributed by atoms with Gasteiger partial charge in [-0.05, 0) is 37.8 Å². The van der Waals surface area contributed by atoms with Crippen molar-refractivity contribution in [2.75, 3.05) is 11.9 Å². The van der Waals surface area contributed by atoms with Crippen molar-refractivity contribution in [3.8, 4) is 0 Å². The first-order valence-corrected chi connectivity index (χ1v) is 5.88. The third-order valence-electron chi connectivity index (χ3n) is 2.53. The van der Waals surface area contributed by atoms with Gasteiger partial charge in [-0.25, -0.2) is 0 Å². The van der Waals surface area contributed by atoms with Gasteiger partial charge in [-0.15, -0.1) is 0 Å². The highest BCUT2D eigenvalue weighted by Gasteiger charge is 2.23. The van der Waals surface area contributed by atoms with Gasteiger partial charge in [-0.1, -0.05) is 23.7 Å². The summed E-state index contributed by atoms with van der Waals surface area (Å²) >= 11 is 5.99. The highest BCUT2D eigenvalue weighted by molar-refractivity contribution is 6.33. The molecule has 2 rings (SSSR count). The molecule has 0 aromatic heterocycles. The first-order valence-electron chi connectivity index (χ1n) is 5.50. The number of carbonyl (C=O) groups excluding carboxylic acids is 1. The third kappa shape index (κ3) is 3.47. The lowest BCUT2D eigenvalue weighted by Crippen LogP contribution is -2.14. The maximum absolute atomic E-state index is 11.7. The summed E-state index contributed by atoms with van der Waals surface area (Å²) in [5, 5.41) is 3.83. The second kappa shape index (κ2) is 6.06. The van der Waals surface area contributed by atoms with E-state index in [1.807, 2.05) is 49.9 Å². The van der Waals surface area contributed by atoms with Gasteiger partial charge >= 0.3 is 0 Å². The molecule has 1 saturated carbocycles. The monoisotopic (exact) mass is 246 g/mol. The molecule has 0 saturated heterocycles. The lowest BCUT2D eigenvalue weighted by Gasteiger charge is -2.09. The number of benzene rings is 1. The lowest BCUT2D eigenvalue weighted by molar-refractivity contribution is -0.116. The van der Waals surface area contributed by atoms with Crippen LogP contribution in [-0.2, 0) is 4.79 Å². The summed E-state index contributed by atoms with van der Waals surface area (Å²) in [7, 11) is 0. The van der Waals surface area contributed by atoms with E-state index >= 15 is 0 Å². The Morgan fingerprint density at radius 3 is 2.59 bits per heavy atom. The molecule has 1 fully saturated rings. The van der Waals surface area contributed by atoms with Gasteiger partial charge in [-0.3, -0.25) is 4.79 Å². The zero-order valence-corrected chi connectivity index (χ0v) is 10.1. The molecule has 0 bridgehead atoms. The molecule has 1 N–H and O–H groups in total. The highest BCUT2D eigenvalue weighted by atomic mass is 35.5. The van der Waals surface area contributed by atoms with Crippen LogP contribution in [0.2, 0.25) is 5.02 Å². The minimum absolute atomic E-state index is 0.148. The van der Waals surface area contributed by atoms with E-state index in [0.29, 0.717) is 18.0 Å². The van der Waals surface area contributed by atoms with Crippen molar-refractivity contribution >= 4 is 23.1 Å². The summed E-state index contributed by atoms with van der Waals surface area (Å²) < 4.78 is 0. The molecule has 0 heterocycles. The Balaban J connectivity index is 1.76. The van der Waals surface area contributed by atoms with Crippen LogP contribution in [-0.4, -0.2) is 12.3 Å². The van der Waals surface area contributed by atoms with Crippen LogP contribution < -0.4 is 5.32 Å². The molecule has 2 nitrogen and oxygen atoms in total. The van der Waals surface area contributed by atoms with Gasteiger partial charge in [0.25, 0.3) is 0 Å². The van der Waals surface area contributed by atoms with Crippen LogP contribution in [0.25, 0.3) is 0 Å². The van der Waals surface area contributed by atoms with Gasteiger partial charge in [0.1, 0.15) is 5.78 Å². The Hall–Kier alpha value is -1.02. The fourth-order valence-electron chi connectivity index (χ4n) is 1.62. The molecule has 1 aromatic rings. The van der Waals surface area contributed by atoms with Gasteiger partial charge in [0.15, 0.2) is 0 Å². The van der Waals surface area contributed by atoms with Gasteiger partial charge in [0, 0.05) is 18.9 Å². The van der Waals surface area contributed by atoms with Crippen molar-refractivity contribution in [1.29, 1.82) is 0 Å². The summed E-state index contributed by atoms with van der Waals surface area (Å²) in [6, 6.07) is 7.51. The molecule has 0 atom stereocenters. The Kier molecular flexibility index (Phi) is 4.43. The fraction of sp³-hybridized carbons (Fsp3) is 0.143. The normalized spacial score (nSPS) is 16.1. The number of Topliss-reactive ketones (excluding diaryl/α,β-unsaturated/α-hetero) is 1. The number of halogens is 1. The van der Waals surface area contributed by atoms with E-state index in [1.165, 1.54) is 0 Å². The maximum Gasteiger partial charge on any atom is 0.142 e. The van der Waals surface area contributed by atoms with Crippen LogP contribution >= 0.6 is 11.6 Å². The number of hydrogen-bond acceptors (Lipinski definition) is 2. The Labute approximate surface area is 107 Å². The first kappa shape index (κ1) is 12.4. The van der Waals surface area contributed by atoms with Crippen LogP contribution in [0.3, 0.4) is 0 Å². The van der Waals surface area contributed by atoms with E-state index in [9.17, 15) is 4.79 Å². The quantitative estimate of drug-likeness (QED) is 0.865. The average Bonchev–Trinajstić information content (AvgIpc) is 2.85. The van der Waals surface area contributed by atoms with Crippen LogP contribution in [0.4, 0.5) is 5.69 Å². The molecular weight excluding hydrogens is 234 g/mol. The molecule has 0 spiro atoms. The van der Waals surface area contributed by atoms with Crippen molar-refractivity contribution < 1.29 is 4.79 Å². The number of rotatable bonds is 5. The van der Waals surface area contributed by atoms with E-state index in [0.717, 1.165) is 11.6 Å². The minimum Gasteiger partial charge on any atom is -0.383 e. The molecule has 5 radical (unpaired) electrons. The largest absolute Gasteiger partial charge is 0.383 e. The topological polar surface area (TPSA) is 29.1 Å². The van der Waals surface area contributed by atoms with Gasteiger partial charge in [-0.2, -0.15) is 0 Å². The summed E-state index contributed by atoms with van der Waals surface area (Å²) in [6.45, 7) is 0.591. The number of anilines is 1. The number of para-hydroxylation sites is 1. The third-order valence-corrected chi connectivity index (χ3v) is 2.86. The predicted molar refractivity (Wildman–Crippen MR) is 70.0 cm³/mol. The van der Waals surface area contributed by atoms with Crippen molar-refractivity contribution in [2.24, 2.45) is 0 Å². The number of nitrogens with one attached hydrogen (secondary N) is 1. The second-order valence-electron chi connectivity index (χ2n) is 3.75. The van der Waals surface area contributed by atoms with E-state index < -0.39 is 0 Å². The number of carbonyl (C=O) groups is 1. The van der Waals surface area contributed by atoms with Gasteiger partial charge in [0.2, 0.25) is 0 Å².